The van der Waals surface area contributed by atoms with E-state index in [4.69, 9.17) is 0 Å². The van der Waals surface area contributed by atoms with Crippen molar-refractivity contribution >= 4 is 12.6 Å². The van der Waals surface area contributed by atoms with Crippen molar-refractivity contribution in [1.82, 2.24) is 0 Å². The topological polar surface area (TPSA) is 40.5 Å². The van der Waals surface area contributed by atoms with Gasteiger partial charge in [-0.1, -0.05) is 60.7 Å². The second-order valence-corrected chi connectivity index (χ2v) is 4.03. The molecule has 0 radical (unpaired) electrons. The van der Waals surface area contributed by atoms with Gasteiger partial charge in [-0.15, -0.1) is 0 Å². The summed E-state index contributed by atoms with van der Waals surface area (Å²) in [7, 11) is -1.46. The highest BCUT2D eigenvalue weighted by Crippen LogP contribution is 2.29. The van der Waals surface area contributed by atoms with E-state index >= 15 is 0 Å². The monoisotopic (exact) mass is 238 g/mol. The van der Waals surface area contributed by atoms with E-state index in [1.54, 1.807) is 13.0 Å². The minimum atomic E-state index is -1.46. The first kappa shape index (κ1) is 12.6. The van der Waals surface area contributed by atoms with Gasteiger partial charge in [0.05, 0.1) is 0 Å². The van der Waals surface area contributed by atoms with Gasteiger partial charge in [0.2, 0.25) is 0 Å². The molecule has 0 saturated carbocycles. The summed E-state index contributed by atoms with van der Waals surface area (Å²) in [5.74, 6) is 0. The van der Waals surface area contributed by atoms with E-state index in [0.29, 0.717) is 5.47 Å². The summed E-state index contributed by atoms with van der Waals surface area (Å²) < 4.78 is 0. The molecule has 2 rings (SSSR count). The van der Waals surface area contributed by atoms with Gasteiger partial charge < -0.3 is 10.0 Å². The van der Waals surface area contributed by atoms with Gasteiger partial charge in [0.25, 0.3) is 0 Å². The Kier molecular flexibility index (Phi) is 3.97. The molecule has 0 unspecified atom stereocenters. The SMILES string of the molecule is C/C=C(/B(O)O)c1ccccc1-c1ccccc1. The molecule has 2 N–H and O–H groups in total. The van der Waals surface area contributed by atoms with Crippen molar-refractivity contribution in [3.05, 3.63) is 66.2 Å². The highest BCUT2D eigenvalue weighted by Gasteiger charge is 2.18. The minimum Gasteiger partial charge on any atom is -0.423 e. The van der Waals surface area contributed by atoms with Crippen LogP contribution in [0.5, 0.6) is 0 Å². The van der Waals surface area contributed by atoms with Crippen LogP contribution in [0.3, 0.4) is 0 Å². The highest BCUT2D eigenvalue weighted by atomic mass is 16.4. The van der Waals surface area contributed by atoms with Crippen LogP contribution in [0.2, 0.25) is 0 Å². The number of benzene rings is 2. The van der Waals surface area contributed by atoms with E-state index in [-0.39, 0.29) is 0 Å². The summed E-state index contributed by atoms with van der Waals surface area (Å²) in [5.41, 5.74) is 3.43. The van der Waals surface area contributed by atoms with Crippen LogP contribution in [0.1, 0.15) is 12.5 Å². The molecule has 2 aromatic carbocycles. The van der Waals surface area contributed by atoms with E-state index < -0.39 is 7.12 Å². The normalized spacial score (nSPS) is 11.4. The summed E-state index contributed by atoms with van der Waals surface area (Å²) in [4.78, 5) is 0. The average molecular weight is 238 g/mol. The van der Waals surface area contributed by atoms with Crippen LogP contribution in [0.25, 0.3) is 16.6 Å². The molecule has 0 aromatic heterocycles. The smallest absolute Gasteiger partial charge is 0.423 e. The Balaban J connectivity index is 2.57. The summed E-state index contributed by atoms with van der Waals surface area (Å²) in [6, 6.07) is 17.6. The largest absolute Gasteiger partial charge is 0.488 e. The first-order valence-electron chi connectivity index (χ1n) is 5.91. The summed E-state index contributed by atoms with van der Waals surface area (Å²) in [6.45, 7) is 1.80. The Morgan fingerprint density at radius 2 is 1.56 bits per heavy atom. The van der Waals surface area contributed by atoms with Gasteiger partial charge in [0.15, 0.2) is 0 Å². The lowest BCUT2D eigenvalue weighted by Gasteiger charge is -2.12. The molecular weight excluding hydrogens is 223 g/mol. The Morgan fingerprint density at radius 1 is 0.944 bits per heavy atom. The molecule has 0 spiro atoms. The number of hydrogen-bond acceptors (Lipinski definition) is 2. The molecule has 3 heteroatoms. The molecule has 0 bridgehead atoms. The fourth-order valence-corrected chi connectivity index (χ4v) is 2.05. The molecule has 0 aliphatic heterocycles. The first-order valence-corrected chi connectivity index (χ1v) is 5.91. The van der Waals surface area contributed by atoms with Crippen LogP contribution < -0.4 is 0 Å². The summed E-state index contributed by atoms with van der Waals surface area (Å²) in [6.07, 6.45) is 1.73. The Labute approximate surface area is 107 Å². The Bertz CT molecular complexity index is 547. The molecule has 0 heterocycles. The lowest BCUT2D eigenvalue weighted by Crippen LogP contribution is -2.14. The van der Waals surface area contributed by atoms with Crippen LogP contribution in [-0.2, 0) is 0 Å². The maximum absolute atomic E-state index is 9.42. The predicted molar refractivity (Wildman–Crippen MR) is 75.7 cm³/mol. The molecule has 0 amide bonds. The molecule has 2 nitrogen and oxygen atoms in total. The van der Waals surface area contributed by atoms with E-state index in [1.807, 2.05) is 54.6 Å². The first-order chi connectivity index (χ1) is 8.74. The maximum Gasteiger partial charge on any atom is 0.488 e. The summed E-state index contributed by atoms with van der Waals surface area (Å²) >= 11 is 0. The second kappa shape index (κ2) is 5.67. The van der Waals surface area contributed by atoms with Crippen molar-refractivity contribution in [2.24, 2.45) is 0 Å². The second-order valence-electron chi connectivity index (χ2n) is 4.03. The van der Waals surface area contributed by atoms with Gasteiger partial charge in [0.1, 0.15) is 0 Å². The van der Waals surface area contributed by atoms with Crippen molar-refractivity contribution in [3.63, 3.8) is 0 Å². The number of hydrogen-bond donors (Lipinski definition) is 2. The van der Waals surface area contributed by atoms with Crippen molar-refractivity contribution in [2.45, 2.75) is 6.92 Å². The van der Waals surface area contributed by atoms with Crippen molar-refractivity contribution in [2.75, 3.05) is 0 Å². The van der Waals surface area contributed by atoms with Crippen LogP contribution in [0, 0.1) is 0 Å². The van der Waals surface area contributed by atoms with Gasteiger partial charge in [-0.05, 0) is 29.1 Å². The zero-order valence-electron chi connectivity index (χ0n) is 10.2. The van der Waals surface area contributed by atoms with E-state index in [0.717, 1.165) is 16.7 Å². The van der Waals surface area contributed by atoms with Gasteiger partial charge in [0, 0.05) is 0 Å². The zero-order valence-corrected chi connectivity index (χ0v) is 10.2. The van der Waals surface area contributed by atoms with Crippen molar-refractivity contribution < 1.29 is 10.0 Å². The lowest BCUT2D eigenvalue weighted by molar-refractivity contribution is 0.427. The Morgan fingerprint density at radius 3 is 2.17 bits per heavy atom. The van der Waals surface area contributed by atoms with Crippen LogP contribution in [0.15, 0.2) is 60.7 Å². The van der Waals surface area contributed by atoms with Gasteiger partial charge in [-0.25, -0.2) is 0 Å². The average Bonchev–Trinajstić information content (AvgIpc) is 2.41. The van der Waals surface area contributed by atoms with E-state index in [2.05, 4.69) is 0 Å². The third-order valence-electron chi connectivity index (χ3n) is 2.91. The number of allylic oxidation sites excluding steroid dienone is 1. The minimum absolute atomic E-state index is 0.523. The Hall–Kier alpha value is -1.84. The molecule has 2 aromatic rings. The highest BCUT2D eigenvalue weighted by molar-refractivity contribution is 6.66. The van der Waals surface area contributed by atoms with Gasteiger partial charge in [-0.3, -0.25) is 0 Å². The zero-order chi connectivity index (χ0) is 13.0. The molecule has 90 valence electrons. The van der Waals surface area contributed by atoms with Crippen LogP contribution in [0.4, 0.5) is 0 Å². The van der Waals surface area contributed by atoms with E-state index in [9.17, 15) is 10.0 Å². The summed E-state index contributed by atoms with van der Waals surface area (Å²) in [5, 5.41) is 18.8. The standard InChI is InChI=1S/C15H15BO2/c1-2-15(16(17)18)14-11-7-6-10-13(14)12-8-4-3-5-9-12/h2-11,17-18H,1H3/b15-2+. The molecular formula is C15H15BO2. The third kappa shape index (κ3) is 2.53. The molecule has 0 saturated heterocycles. The van der Waals surface area contributed by atoms with Gasteiger partial charge in [-0.2, -0.15) is 0 Å². The molecule has 18 heavy (non-hydrogen) atoms. The maximum atomic E-state index is 9.42. The lowest BCUT2D eigenvalue weighted by atomic mass is 9.73. The molecule has 0 atom stereocenters. The fraction of sp³-hybridized carbons (Fsp3) is 0.0667. The molecule has 0 fully saturated rings. The fourth-order valence-electron chi connectivity index (χ4n) is 2.05. The van der Waals surface area contributed by atoms with Crippen LogP contribution in [-0.4, -0.2) is 17.2 Å². The predicted octanol–water partition coefficient (Wildman–Crippen LogP) is 2.77. The number of rotatable bonds is 3. The van der Waals surface area contributed by atoms with Crippen molar-refractivity contribution in [3.8, 4) is 11.1 Å². The third-order valence-corrected chi connectivity index (χ3v) is 2.91. The van der Waals surface area contributed by atoms with E-state index in [1.165, 1.54) is 0 Å². The van der Waals surface area contributed by atoms with Gasteiger partial charge >= 0.3 is 7.12 Å². The molecule has 0 aliphatic rings. The quantitative estimate of drug-likeness (QED) is 0.807. The van der Waals surface area contributed by atoms with Crippen molar-refractivity contribution in [1.29, 1.82) is 0 Å². The van der Waals surface area contributed by atoms with Crippen LogP contribution >= 0.6 is 0 Å². The molecule has 0 aliphatic carbocycles.